The molecule has 5 nitrogen and oxygen atoms in total. The summed E-state index contributed by atoms with van der Waals surface area (Å²) in [5.74, 6) is 0.660. The molecule has 0 aliphatic carbocycles. The van der Waals surface area contributed by atoms with Crippen molar-refractivity contribution in [1.82, 2.24) is 9.99 Å². The molecule has 0 spiro atoms. The molecule has 0 N–H and O–H groups in total. The number of nitriles is 1. The van der Waals surface area contributed by atoms with Crippen molar-refractivity contribution in [1.29, 1.82) is 5.26 Å². The summed E-state index contributed by atoms with van der Waals surface area (Å²) in [5.41, 5.74) is 2.57. The van der Waals surface area contributed by atoms with E-state index >= 15 is 0 Å². The van der Waals surface area contributed by atoms with Crippen LogP contribution >= 0.6 is 0 Å². The van der Waals surface area contributed by atoms with E-state index in [0.717, 1.165) is 54.6 Å². The molecule has 4 rings (SSSR count). The van der Waals surface area contributed by atoms with Gasteiger partial charge in [-0.2, -0.15) is 5.26 Å². The van der Waals surface area contributed by atoms with Gasteiger partial charge in [0.25, 0.3) is 0 Å². The summed E-state index contributed by atoms with van der Waals surface area (Å²) >= 11 is 0. The summed E-state index contributed by atoms with van der Waals surface area (Å²) in [7, 11) is 0. The van der Waals surface area contributed by atoms with Gasteiger partial charge in [-0.15, -0.1) is 0 Å². The van der Waals surface area contributed by atoms with Gasteiger partial charge in [0.1, 0.15) is 5.60 Å². The predicted octanol–water partition coefficient (Wildman–Crippen LogP) is 5.30. The minimum absolute atomic E-state index is 0.274. The van der Waals surface area contributed by atoms with Gasteiger partial charge in [0.15, 0.2) is 0 Å². The van der Waals surface area contributed by atoms with Gasteiger partial charge in [-0.1, -0.05) is 30.3 Å². The second kappa shape index (κ2) is 8.33. The van der Waals surface area contributed by atoms with E-state index < -0.39 is 0 Å². The third-order valence-corrected chi connectivity index (χ3v) is 5.21. The number of rotatable bonds is 4. The summed E-state index contributed by atoms with van der Waals surface area (Å²) < 4.78 is 5.95. The maximum absolute atomic E-state index is 9.50. The van der Waals surface area contributed by atoms with Crippen LogP contribution in [-0.4, -0.2) is 28.7 Å². The van der Waals surface area contributed by atoms with E-state index in [-0.39, 0.29) is 5.60 Å². The molecule has 0 atom stereocenters. The Hall–Kier alpha value is -3.10. The van der Waals surface area contributed by atoms with Crippen LogP contribution in [-0.2, 0) is 6.54 Å². The number of pyridine rings is 1. The molecular weight excluding hydrogens is 372 g/mol. The maximum Gasteiger partial charge on any atom is 0.213 e. The van der Waals surface area contributed by atoms with Crippen LogP contribution in [0.25, 0.3) is 10.8 Å². The van der Waals surface area contributed by atoms with Gasteiger partial charge in [-0.3, -0.25) is 0 Å². The number of hydrazine groups is 1. The molecule has 3 aromatic rings. The zero-order chi connectivity index (χ0) is 21.1. The lowest BCUT2D eigenvalue weighted by atomic mass is 10.0. The van der Waals surface area contributed by atoms with E-state index in [1.807, 2.05) is 57.2 Å². The fourth-order valence-corrected chi connectivity index (χ4v) is 3.96. The van der Waals surface area contributed by atoms with Crippen LogP contribution in [0.3, 0.4) is 0 Å². The number of aromatic nitrogens is 1. The van der Waals surface area contributed by atoms with Gasteiger partial charge in [0.2, 0.25) is 5.88 Å². The van der Waals surface area contributed by atoms with Crippen molar-refractivity contribution in [3.8, 4) is 11.9 Å². The third kappa shape index (κ3) is 4.39. The lowest BCUT2D eigenvalue weighted by molar-refractivity contribution is 0.123. The summed E-state index contributed by atoms with van der Waals surface area (Å²) in [6.07, 6.45) is 2.30. The zero-order valence-electron chi connectivity index (χ0n) is 17.9. The Balaban J connectivity index is 1.65. The number of fused-ring (bicyclic) bond motifs is 1. The smallest absolute Gasteiger partial charge is 0.213 e. The topological polar surface area (TPSA) is 52.4 Å². The van der Waals surface area contributed by atoms with E-state index in [1.165, 1.54) is 0 Å². The van der Waals surface area contributed by atoms with Crippen molar-refractivity contribution in [2.75, 3.05) is 18.1 Å². The number of benzene rings is 2. The van der Waals surface area contributed by atoms with Crippen molar-refractivity contribution < 1.29 is 4.74 Å². The number of hydrogen-bond donors (Lipinski definition) is 0. The molecule has 0 bridgehead atoms. The van der Waals surface area contributed by atoms with Crippen LogP contribution in [0, 0.1) is 11.3 Å². The average Bonchev–Trinajstić information content (AvgIpc) is 2.72. The molecule has 0 radical (unpaired) electrons. The molecule has 2 aromatic carbocycles. The number of hydrogen-bond acceptors (Lipinski definition) is 5. The zero-order valence-corrected chi connectivity index (χ0v) is 17.9. The Kier molecular flexibility index (Phi) is 5.61. The van der Waals surface area contributed by atoms with Gasteiger partial charge >= 0.3 is 0 Å². The van der Waals surface area contributed by atoms with Crippen molar-refractivity contribution in [2.45, 2.75) is 45.8 Å². The normalized spacial score (nSPS) is 15.2. The fraction of sp³-hybridized carbons (Fsp3) is 0.360. The second-order valence-electron chi connectivity index (χ2n) is 8.69. The van der Waals surface area contributed by atoms with E-state index in [4.69, 9.17) is 9.72 Å². The first-order valence-electron chi connectivity index (χ1n) is 10.5. The monoisotopic (exact) mass is 400 g/mol. The summed E-state index contributed by atoms with van der Waals surface area (Å²) in [4.78, 5) is 4.74. The van der Waals surface area contributed by atoms with Crippen molar-refractivity contribution in [3.05, 3.63) is 65.9 Å². The van der Waals surface area contributed by atoms with Crippen LogP contribution in [0.5, 0.6) is 5.88 Å². The summed E-state index contributed by atoms with van der Waals surface area (Å²) in [6.45, 7) is 8.74. The van der Waals surface area contributed by atoms with E-state index in [0.29, 0.717) is 11.4 Å². The van der Waals surface area contributed by atoms with Crippen LogP contribution in [0.4, 0.5) is 5.69 Å². The van der Waals surface area contributed by atoms with E-state index in [9.17, 15) is 5.26 Å². The quantitative estimate of drug-likeness (QED) is 0.595. The molecule has 1 aromatic heterocycles. The highest BCUT2D eigenvalue weighted by molar-refractivity contribution is 5.97. The highest BCUT2D eigenvalue weighted by Crippen LogP contribution is 2.32. The predicted molar refractivity (Wildman–Crippen MR) is 120 cm³/mol. The van der Waals surface area contributed by atoms with Crippen LogP contribution in [0.1, 0.15) is 44.9 Å². The van der Waals surface area contributed by atoms with Gasteiger partial charge in [-0.05, 0) is 51.8 Å². The summed E-state index contributed by atoms with van der Waals surface area (Å²) in [6, 6.07) is 20.5. The van der Waals surface area contributed by atoms with Crippen molar-refractivity contribution in [2.24, 2.45) is 0 Å². The molecular formula is C25H28N4O. The third-order valence-electron chi connectivity index (χ3n) is 5.21. The molecule has 0 unspecified atom stereocenters. The Bertz CT molecular complexity index is 1080. The molecule has 1 fully saturated rings. The van der Waals surface area contributed by atoms with Crippen molar-refractivity contribution in [3.63, 3.8) is 0 Å². The lowest BCUT2D eigenvalue weighted by Gasteiger charge is -2.40. The first kappa shape index (κ1) is 20.2. The highest BCUT2D eigenvalue weighted by Gasteiger charge is 2.23. The van der Waals surface area contributed by atoms with Gasteiger partial charge < -0.3 is 9.75 Å². The second-order valence-corrected chi connectivity index (χ2v) is 8.69. The molecule has 0 saturated carbocycles. The number of anilines is 1. The molecule has 0 amide bonds. The Morgan fingerprint density at radius 2 is 1.73 bits per heavy atom. The van der Waals surface area contributed by atoms with Gasteiger partial charge in [0, 0.05) is 29.9 Å². The maximum atomic E-state index is 9.50. The van der Waals surface area contributed by atoms with Crippen LogP contribution in [0.2, 0.25) is 0 Å². The Labute approximate surface area is 178 Å². The van der Waals surface area contributed by atoms with Crippen LogP contribution in [0.15, 0.2) is 54.6 Å². The van der Waals surface area contributed by atoms with E-state index in [1.54, 1.807) is 0 Å². The molecule has 154 valence electrons. The SMILES string of the molecule is CC(C)(C)Oc1cccc(CN2CCCCN2c2ccc(C#N)c3ccccc23)n1. The van der Waals surface area contributed by atoms with Gasteiger partial charge in [0.05, 0.1) is 29.6 Å². The minimum atomic E-state index is -0.274. The van der Waals surface area contributed by atoms with E-state index in [2.05, 4.69) is 34.3 Å². The Morgan fingerprint density at radius 3 is 2.50 bits per heavy atom. The largest absolute Gasteiger partial charge is 0.472 e. The first-order chi connectivity index (χ1) is 14.4. The molecule has 1 aliphatic heterocycles. The number of nitrogens with zero attached hydrogens (tertiary/aromatic N) is 4. The molecule has 1 saturated heterocycles. The highest BCUT2D eigenvalue weighted by atomic mass is 16.5. The molecule has 1 aliphatic rings. The fourth-order valence-electron chi connectivity index (χ4n) is 3.96. The number of ether oxygens (including phenoxy) is 1. The average molecular weight is 401 g/mol. The summed E-state index contributed by atoms with van der Waals surface area (Å²) in [5, 5.41) is 16.3. The van der Waals surface area contributed by atoms with Gasteiger partial charge in [-0.25, -0.2) is 9.99 Å². The standard InChI is InChI=1S/C25H28N4O/c1-25(2,3)30-24-12-8-9-20(27-24)18-28-15-6-7-16-29(28)23-14-13-19(17-26)21-10-4-5-11-22(21)23/h4-5,8-14H,6-7,15-16,18H2,1-3H3. The Morgan fingerprint density at radius 1 is 0.967 bits per heavy atom. The minimum Gasteiger partial charge on any atom is -0.472 e. The molecule has 30 heavy (non-hydrogen) atoms. The lowest BCUT2D eigenvalue weighted by Crippen LogP contribution is -2.47. The molecule has 2 heterocycles. The van der Waals surface area contributed by atoms with Crippen molar-refractivity contribution >= 4 is 16.5 Å². The first-order valence-corrected chi connectivity index (χ1v) is 10.5. The van der Waals surface area contributed by atoms with Crippen LogP contribution < -0.4 is 9.75 Å². The molecule has 5 heteroatoms.